The molecule has 4 aliphatic rings. The van der Waals surface area contributed by atoms with Gasteiger partial charge in [-0.05, 0) is 113 Å². The van der Waals surface area contributed by atoms with E-state index in [-0.39, 0.29) is 16.4 Å². The van der Waals surface area contributed by atoms with Crippen molar-refractivity contribution in [3.63, 3.8) is 0 Å². The third kappa shape index (κ3) is 10.0. The van der Waals surface area contributed by atoms with Gasteiger partial charge >= 0.3 is 0 Å². The van der Waals surface area contributed by atoms with Gasteiger partial charge < -0.3 is 16.3 Å². The molecule has 2 aromatic rings. The van der Waals surface area contributed by atoms with Crippen molar-refractivity contribution in [3.05, 3.63) is 124 Å². The van der Waals surface area contributed by atoms with E-state index < -0.39 is 19.7 Å². The fraction of sp³-hybridized carbons (Fsp3) is 0.415. The second-order valence-corrected chi connectivity index (χ2v) is 25.9. The lowest BCUT2D eigenvalue weighted by molar-refractivity contribution is -0.157. The monoisotopic (exact) mass is 831 g/mol. The van der Waals surface area contributed by atoms with Crippen LogP contribution in [0.3, 0.4) is 0 Å². The van der Waals surface area contributed by atoms with Gasteiger partial charge in [0.25, 0.3) is 0 Å². The van der Waals surface area contributed by atoms with E-state index in [1.54, 1.807) is 6.21 Å². The van der Waals surface area contributed by atoms with Crippen molar-refractivity contribution in [3.8, 4) is 29.0 Å². The third-order valence-electron chi connectivity index (χ3n) is 13.2. The number of nitriles is 1. The minimum absolute atomic E-state index is 0.0200. The van der Waals surface area contributed by atoms with Crippen molar-refractivity contribution in [2.75, 3.05) is 0 Å². The first-order valence-corrected chi connectivity index (χ1v) is 24.9. The zero-order valence-corrected chi connectivity index (χ0v) is 39.4. The molecule has 6 rings (SSSR count). The van der Waals surface area contributed by atoms with Gasteiger partial charge in [-0.1, -0.05) is 152 Å². The Morgan fingerprint density at radius 1 is 0.885 bits per heavy atom. The number of benzene rings is 2. The molecule has 1 aliphatic heterocycles. The van der Waals surface area contributed by atoms with Crippen LogP contribution in [-0.4, -0.2) is 30.9 Å². The molecule has 4 N–H and O–H groups in total. The lowest BCUT2D eigenvalue weighted by Crippen LogP contribution is -2.53. The molecular formula is C53H66N6OSi. The van der Waals surface area contributed by atoms with Crippen molar-refractivity contribution >= 4 is 37.3 Å². The van der Waals surface area contributed by atoms with Crippen LogP contribution >= 0.6 is 0 Å². The van der Waals surface area contributed by atoms with E-state index in [1.165, 1.54) is 53.1 Å². The van der Waals surface area contributed by atoms with Crippen LogP contribution in [0.25, 0.3) is 23.0 Å². The standard InChI is InChI=1S/C53H66N6OSi/c1-51(2,3)41(33-36-19-15-20-36)25-18-28-44-42-26-13-12-14-27-43(42)46(49(44)61(10,11)53(7,8)9)47-45(34-54)48(60-59(47)52(4,5)6)40-24-17-22-38(32-40)30-29-37-21-16-23-39(31-37)35-57-58-50(55)56/h12-14,16-18,21-24,26-28,31-32,35-36,41,47H,15,19-20,25,33H2,1-11H3,(H4,55,56,58)/b28-18?,57-35-. The zero-order valence-electron chi connectivity index (χ0n) is 38.4. The SMILES string of the molecule is CC(C)(C)C(CC=Cc1c2cccccc-2c(C2C(C#N)=C(c3cccc(C#Cc4cccc(/C=N\N=C(N)N)c4)c3)ON2C(C)(C)C)c1[Si](C)(C)C(C)(C)C)CC1CCC1. The molecule has 0 amide bonds. The number of guanidine groups is 1. The Kier molecular flexibility index (Phi) is 13.2. The first-order chi connectivity index (χ1) is 28.7. The molecular weight excluding hydrogens is 765 g/mol. The second kappa shape index (κ2) is 17.9. The average Bonchev–Trinajstić information content (AvgIpc) is 3.59. The summed E-state index contributed by atoms with van der Waals surface area (Å²) in [6.07, 6.45) is 13.0. The minimum Gasteiger partial charge on any atom is -0.403 e. The Labute approximate surface area is 367 Å². The fourth-order valence-corrected chi connectivity index (χ4v) is 11.1. The Morgan fingerprint density at radius 3 is 2.13 bits per heavy atom. The number of fused-ring (bicyclic) bond motifs is 1. The van der Waals surface area contributed by atoms with Crippen LogP contribution in [0.5, 0.6) is 0 Å². The molecule has 2 aromatic carbocycles. The van der Waals surface area contributed by atoms with Crippen molar-refractivity contribution in [2.45, 2.75) is 124 Å². The summed E-state index contributed by atoms with van der Waals surface area (Å²) in [6, 6.07) is 28.9. The molecule has 0 bridgehead atoms. The molecule has 1 saturated carbocycles. The van der Waals surface area contributed by atoms with Gasteiger partial charge in [0.1, 0.15) is 12.1 Å². The summed E-state index contributed by atoms with van der Waals surface area (Å²) in [5, 5.41) is 22.5. The summed E-state index contributed by atoms with van der Waals surface area (Å²) in [5.41, 5.74) is 19.4. The van der Waals surface area contributed by atoms with Gasteiger partial charge in [0.15, 0.2) is 5.76 Å². The number of hydroxylamine groups is 2. The fourth-order valence-electron chi connectivity index (χ4n) is 8.51. The number of hydrogen-bond donors (Lipinski definition) is 2. The maximum absolute atomic E-state index is 11.3. The van der Waals surface area contributed by atoms with E-state index in [9.17, 15) is 5.26 Å². The molecule has 0 saturated heterocycles. The van der Waals surface area contributed by atoms with Gasteiger partial charge in [-0.25, -0.2) is 0 Å². The van der Waals surface area contributed by atoms with Crippen LogP contribution in [0, 0.1) is 40.4 Å². The van der Waals surface area contributed by atoms with E-state index in [2.05, 4.69) is 151 Å². The smallest absolute Gasteiger partial charge is 0.211 e. The quantitative estimate of drug-likeness (QED) is 0.0543. The summed E-state index contributed by atoms with van der Waals surface area (Å²) in [5.74, 6) is 8.56. The predicted molar refractivity (Wildman–Crippen MR) is 259 cm³/mol. The van der Waals surface area contributed by atoms with Crippen LogP contribution < -0.4 is 16.7 Å². The largest absolute Gasteiger partial charge is 0.403 e. The van der Waals surface area contributed by atoms with Gasteiger partial charge in [0.05, 0.1) is 19.9 Å². The first-order valence-electron chi connectivity index (χ1n) is 21.9. The average molecular weight is 831 g/mol. The molecule has 2 unspecified atom stereocenters. The normalized spacial score (nSPS) is 17.2. The van der Waals surface area contributed by atoms with E-state index in [0.29, 0.717) is 17.3 Å². The molecule has 0 radical (unpaired) electrons. The van der Waals surface area contributed by atoms with E-state index in [0.717, 1.165) is 34.6 Å². The molecule has 3 aliphatic carbocycles. The van der Waals surface area contributed by atoms with E-state index >= 15 is 0 Å². The lowest BCUT2D eigenvalue weighted by atomic mass is 9.69. The first kappa shape index (κ1) is 45.1. The van der Waals surface area contributed by atoms with Crippen LogP contribution in [0.4, 0.5) is 0 Å². The van der Waals surface area contributed by atoms with Crippen molar-refractivity contribution in [1.29, 1.82) is 5.26 Å². The molecule has 7 nitrogen and oxygen atoms in total. The molecule has 0 spiro atoms. The third-order valence-corrected chi connectivity index (χ3v) is 18.7. The highest BCUT2D eigenvalue weighted by atomic mass is 28.3. The Morgan fingerprint density at radius 2 is 1.54 bits per heavy atom. The highest BCUT2D eigenvalue weighted by Crippen LogP contribution is 2.52. The van der Waals surface area contributed by atoms with Crippen LogP contribution in [0.2, 0.25) is 18.1 Å². The molecule has 1 fully saturated rings. The van der Waals surface area contributed by atoms with Gasteiger partial charge in [-0.15, -0.1) is 10.2 Å². The maximum atomic E-state index is 11.3. The summed E-state index contributed by atoms with van der Waals surface area (Å²) >= 11 is 0. The maximum Gasteiger partial charge on any atom is 0.211 e. The predicted octanol–water partition coefficient (Wildman–Crippen LogP) is 11.8. The van der Waals surface area contributed by atoms with Gasteiger partial charge in [0.2, 0.25) is 5.96 Å². The van der Waals surface area contributed by atoms with Gasteiger partial charge in [-0.3, -0.25) is 0 Å². The highest BCUT2D eigenvalue weighted by Gasteiger charge is 2.50. The van der Waals surface area contributed by atoms with Gasteiger partial charge in [0, 0.05) is 22.2 Å². The summed E-state index contributed by atoms with van der Waals surface area (Å²) in [7, 11) is -2.29. The van der Waals surface area contributed by atoms with E-state index in [4.69, 9.17) is 16.3 Å². The van der Waals surface area contributed by atoms with Crippen LogP contribution in [-0.2, 0) is 4.84 Å². The van der Waals surface area contributed by atoms with Crippen molar-refractivity contribution in [1.82, 2.24) is 5.06 Å². The summed E-state index contributed by atoms with van der Waals surface area (Å²) in [6.45, 7) is 25.9. The highest BCUT2D eigenvalue weighted by molar-refractivity contribution is 6.93. The topological polar surface area (TPSA) is 113 Å². The number of nitrogens with zero attached hydrogens (tertiary/aromatic N) is 4. The van der Waals surface area contributed by atoms with Gasteiger partial charge in [-0.2, -0.15) is 10.4 Å². The molecule has 8 heteroatoms. The van der Waals surface area contributed by atoms with E-state index in [1.807, 2.05) is 48.5 Å². The van der Waals surface area contributed by atoms with Crippen molar-refractivity contribution in [2.24, 2.45) is 38.9 Å². The van der Waals surface area contributed by atoms with Crippen LogP contribution in [0.1, 0.15) is 134 Å². The molecule has 2 atom stereocenters. The zero-order chi connectivity index (χ0) is 44.3. The molecule has 1 heterocycles. The number of rotatable bonds is 10. The number of nitrogens with two attached hydrogens (primary N) is 2. The van der Waals surface area contributed by atoms with Crippen LogP contribution in [0.15, 0.2) is 101 Å². The molecule has 0 aromatic heterocycles. The molecule has 61 heavy (non-hydrogen) atoms. The van der Waals surface area contributed by atoms with Crippen molar-refractivity contribution < 1.29 is 4.84 Å². The number of hydrogen-bond acceptors (Lipinski definition) is 5. The summed E-state index contributed by atoms with van der Waals surface area (Å²) < 4.78 is 0. The summed E-state index contributed by atoms with van der Waals surface area (Å²) in [4.78, 5) is 7.01. The Balaban J connectivity index is 1.51. The molecule has 318 valence electrons. The lowest BCUT2D eigenvalue weighted by Gasteiger charge is -2.41. The Bertz CT molecular complexity index is 2430. The second-order valence-electron chi connectivity index (χ2n) is 20.6. The minimum atomic E-state index is -2.29. The Hall–Kier alpha value is -5.41. The number of allylic oxidation sites excluding steroid dienone is 1.